The average molecular weight is 385 g/mol. The highest BCUT2D eigenvalue weighted by Gasteiger charge is 2.33. The molecule has 6 nitrogen and oxygen atoms in total. The van der Waals surface area contributed by atoms with Gasteiger partial charge in [0.2, 0.25) is 0 Å². The van der Waals surface area contributed by atoms with Crippen molar-refractivity contribution in [1.29, 1.82) is 0 Å². The summed E-state index contributed by atoms with van der Waals surface area (Å²) in [4.78, 5) is 17.1. The Morgan fingerprint density at radius 2 is 1.79 bits per heavy atom. The second-order valence-corrected chi connectivity index (χ2v) is 5.97. The maximum absolute atomic E-state index is 13.4. The van der Waals surface area contributed by atoms with Gasteiger partial charge < -0.3 is 5.32 Å². The Morgan fingerprint density at radius 1 is 1.04 bits per heavy atom. The lowest BCUT2D eigenvalue weighted by Gasteiger charge is -2.18. The van der Waals surface area contributed by atoms with Crippen LogP contribution in [0.5, 0.6) is 0 Å². The molecule has 1 N–H and O–H groups in total. The van der Waals surface area contributed by atoms with Gasteiger partial charge in [-0.2, -0.15) is 18.3 Å². The predicted molar refractivity (Wildman–Crippen MR) is 99.0 cm³/mol. The van der Waals surface area contributed by atoms with Crippen molar-refractivity contribution in [3.63, 3.8) is 0 Å². The van der Waals surface area contributed by atoms with Crippen LogP contribution in [0.15, 0.2) is 65.7 Å². The Bertz CT molecular complexity index is 1200. The molecule has 4 rings (SSSR count). The van der Waals surface area contributed by atoms with Crippen LogP contribution in [-0.2, 0) is 6.18 Å². The van der Waals surface area contributed by atoms with E-state index in [1.807, 2.05) is 0 Å². The van der Waals surface area contributed by atoms with Gasteiger partial charge in [0.1, 0.15) is 11.3 Å². The number of halogens is 3. The molecule has 0 amide bonds. The van der Waals surface area contributed by atoms with Gasteiger partial charge in [-0.15, -0.1) is 0 Å². The lowest BCUT2D eigenvalue weighted by atomic mass is 10.1. The molecule has 0 aliphatic carbocycles. The first-order chi connectivity index (χ1) is 13.4. The molecule has 3 aromatic heterocycles. The number of nitrogens with one attached hydrogen (secondary N) is 1. The average Bonchev–Trinajstić information content (AvgIpc) is 3.20. The molecule has 142 valence electrons. The van der Waals surface area contributed by atoms with Gasteiger partial charge in [-0.25, -0.2) is 9.67 Å². The van der Waals surface area contributed by atoms with Gasteiger partial charge >= 0.3 is 6.18 Å². The zero-order valence-electron chi connectivity index (χ0n) is 14.6. The Balaban J connectivity index is 2.20. The fourth-order valence-corrected chi connectivity index (χ4v) is 3.09. The maximum Gasteiger partial charge on any atom is 0.433 e. The molecule has 9 heteroatoms. The number of hydrogen-bond donors (Lipinski definition) is 1. The summed E-state index contributed by atoms with van der Waals surface area (Å²) in [6.07, 6.45) is -1.52. The van der Waals surface area contributed by atoms with Crippen LogP contribution in [0.25, 0.3) is 22.4 Å². The van der Waals surface area contributed by atoms with E-state index in [0.29, 0.717) is 16.8 Å². The second-order valence-electron chi connectivity index (χ2n) is 5.97. The van der Waals surface area contributed by atoms with E-state index in [1.54, 1.807) is 49.6 Å². The summed E-state index contributed by atoms with van der Waals surface area (Å²) >= 11 is 0. The molecule has 0 saturated heterocycles. The van der Waals surface area contributed by atoms with Crippen LogP contribution in [0.4, 0.5) is 18.9 Å². The standard InChI is InChI=1S/C19H14F3N5O/c1-23-15-13-8-9-14(19(20,21)22)25-17(13)27(12-6-3-2-4-7-12)18(28)16(15)26-11-5-10-24-26/h2-11,23H,1H3. The van der Waals surface area contributed by atoms with E-state index in [0.717, 1.165) is 6.07 Å². The van der Waals surface area contributed by atoms with Crippen LogP contribution in [0.2, 0.25) is 0 Å². The molecule has 0 atom stereocenters. The van der Waals surface area contributed by atoms with E-state index >= 15 is 0 Å². The molecule has 0 bridgehead atoms. The first-order valence-corrected chi connectivity index (χ1v) is 8.32. The lowest BCUT2D eigenvalue weighted by Crippen LogP contribution is -2.26. The summed E-state index contributed by atoms with van der Waals surface area (Å²) in [7, 11) is 1.59. The van der Waals surface area contributed by atoms with E-state index in [2.05, 4.69) is 15.4 Å². The number of benzene rings is 1. The van der Waals surface area contributed by atoms with Gasteiger partial charge in [0.05, 0.1) is 11.4 Å². The molecular weight excluding hydrogens is 371 g/mol. The maximum atomic E-state index is 13.4. The van der Waals surface area contributed by atoms with E-state index in [1.165, 1.54) is 21.5 Å². The van der Waals surface area contributed by atoms with Crippen molar-refractivity contribution in [2.45, 2.75) is 6.18 Å². The highest BCUT2D eigenvalue weighted by molar-refractivity contribution is 5.94. The number of hydrogen-bond acceptors (Lipinski definition) is 4. The van der Waals surface area contributed by atoms with Gasteiger partial charge in [-0.1, -0.05) is 18.2 Å². The fourth-order valence-electron chi connectivity index (χ4n) is 3.09. The first kappa shape index (κ1) is 17.8. The van der Waals surface area contributed by atoms with Crippen LogP contribution in [0.3, 0.4) is 0 Å². The minimum absolute atomic E-state index is 0.0914. The molecule has 0 fully saturated rings. The minimum atomic E-state index is -4.63. The molecule has 3 heterocycles. The number of rotatable bonds is 3. The zero-order valence-corrected chi connectivity index (χ0v) is 14.6. The molecule has 0 aliphatic heterocycles. The van der Waals surface area contributed by atoms with Gasteiger partial charge in [-0.3, -0.25) is 9.36 Å². The number of nitrogens with zero attached hydrogens (tertiary/aromatic N) is 4. The van der Waals surface area contributed by atoms with Crippen LogP contribution < -0.4 is 10.9 Å². The lowest BCUT2D eigenvalue weighted by molar-refractivity contribution is -0.141. The van der Waals surface area contributed by atoms with Crippen LogP contribution in [0.1, 0.15) is 5.69 Å². The quantitative estimate of drug-likeness (QED) is 0.585. The SMILES string of the molecule is CNc1c(-n2cccn2)c(=O)n(-c2ccccc2)c2nc(C(F)(F)F)ccc12. The number of aromatic nitrogens is 4. The highest BCUT2D eigenvalue weighted by Crippen LogP contribution is 2.32. The summed E-state index contributed by atoms with van der Waals surface area (Å²) in [5.41, 5.74) is -0.772. The molecule has 4 aromatic rings. The van der Waals surface area contributed by atoms with Gasteiger partial charge in [0.25, 0.3) is 5.56 Å². The van der Waals surface area contributed by atoms with E-state index in [4.69, 9.17) is 0 Å². The van der Waals surface area contributed by atoms with E-state index in [-0.39, 0.29) is 11.3 Å². The third-order valence-corrected chi connectivity index (χ3v) is 4.29. The highest BCUT2D eigenvalue weighted by atomic mass is 19.4. The van der Waals surface area contributed by atoms with E-state index < -0.39 is 17.4 Å². The number of anilines is 1. The monoisotopic (exact) mass is 385 g/mol. The number of para-hydroxylation sites is 1. The second kappa shape index (κ2) is 6.52. The topological polar surface area (TPSA) is 64.7 Å². The van der Waals surface area contributed by atoms with Crippen molar-refractivity contribution >= 4 is 16.7 Å². The third-order valence-electron chi connectivity index (χ3n) is 4.29. The van der Waals surface area contributed by atoms with Crippen LogP contribution in [0, 0.1) is 0 Å². The minimum Gasteiger partial charge on any atom is -0.386 e. The number of pyridine rings is 2. The van der Waals surface area contributed by atoms with Crippen molar-refractivity contribution in [2.75, 3.05) is 12.4 Å². The van der Waals surface area contributed by atoms with E-state index in [9.17, 15) is 18.0 Å². The molecular formula is C19H14F3N5O. The third kappa shape index (κ3) is 2.81. The molecule has 0 saturated carbocycles. The molecule has 28 heavy (non-hydrogen) atoms. The number of fused-ring (bicyclic) bond motifs is 1. The van der Waals surface area contributed by atoms with Gasteiger partial charge in [0.15, 0.2) is 5.69 Å². The Hall–Kier alpha value is -3.62. The van der Waals surface area contributed by atoms with Crippen molar-refractivity contribution in [3.8, 4) is 11.4 Å². The smallest absolute Gasteiger partial charge is 0.386 e. The summed E-state index contributed by atoms with van der Waals surface area (Å²) in [5, 5.41) is 7.39. The summed E-state index contributed by atoms with van der Waals surface area (Å²) in [6.45, 7) is 0. The Kier molecular flexibility index (Phi) is 4.14. The summed E-state index contributed by atoms with van der Waals surface area (Å²) in [6, 6.07) is 12.3. The fraction of sp³-hybridized carbons (Fsp3) is 0.105. The Labute approximate surface area is 156 Å². The molecule has 0 spiro atoms. The van der Waals surface area contributed by atoms with Crippen molar-refractivity contribution in [1.82, 2.24) is 19.3 Å². The van der Waals surface area contributed by atoms with Gasteiger partial charge in [0, 0.05) is 24.8 Å². The van der Waals surface area contributed by atoms with Crippen LogP contribution >= 0.6 is 0 Å². The molecule has 0 aliphatic rings. The Morgan fingerprint density at radius 3 is 2.39 bits per heavy atom. The summed E-state index contributed by atoms with van der Waals surface area (Å²) < 4.78 is 42.3. The largest absolute Gasteiger partial charge is 0.433 e. The first-order valence-electron chi connectivity index (χ1n) is 8.32. The van der Waals surface area contributed by atoms with Crippen molar-refractivity contribution < 1.29 is 13.2 Å². The summed E-state index contributed by atoms with van der Waals surface area (Å²) in [5.74, 6) is 0. The molecule has 0 radical (unpaired) electrons. The zero-order chi connectivity index (χ0) is 19.9. The number of alkyl halides is 3. The van der Waals surface area contributed by atoms with Crippen LogP contribution in [-0.4, -0.2) is 26.4 Å². The molecule has 1 aromatic carbocycles. The molecule has 0 unspecified atom stereocenters. The van der Waals surface area contributed by atoms with Gasteiger partial charge in [-0.05, 0) is 30.3 Å². The predicted octanol–water partition coefficient (Wildman–Crippen LogP) is 3.63. The van der Waals surface area contributed by atoms with Crippen molar-refractivity contribution in [2.24, 2.45) is 0 Å². The van der Waals surface area contributed by atoms with Crippen molar-refractivity contribution in [3.05, 3.63) is 77.0 Å². The normalized spacial score (nSPS) is 11.7.